The van der Waals surface area contributed by atoms with E-state index in [1.54, 1.807) is 12.1 Å². The van der Waals surface area contributed by atoms with E-state index in [1.807, 2.05) is 12.1 Å². The van der Waals surface area contributed by atoms with E-state index in [4.69, 9.17) is 4.74 Å². The Morgan fingerprint density at radius 3 is 3.11 bits per heavy atom. The van der Waals surface area contributed by atoms with Gasteiger partial charge in [0, 0.05) is 12.1 Å². The minimum absolute atomic E-state index is 0.0234. The second kappa shape index (κ2) is 5.05. The third-order valence-corrected chi connectivity index (χ3v) is 2.74. The van der Waals surface area contributed by atoms with Gasteiger partial charge in [0.05, 0.1) is 5.69 Å². The van der Waals surface area contributed by atoms with Crippen LogP contribution in [0.4, 0.5) is 0 Å². The molecule has 0 bridgehead atoms. The first-order chi connectivity index (χ1) is 9.31. The van der Waals surface area contributed by atoms with Crippen molar-refractivity contribution < 1.29 is 9.53 Å². The summed E-state index contributed by atoms with van der Waals surface area (Å²) >= 11 is 0. The van der Waals surface area contributed by atoms with Gasteiger partial charge in [-0.15, -0.1) is 5.10 Å². The van der Waals surface area contributed by atoms with Gasteiger partial charge in [-0.1, -0.05) is 6.07 Å². The van der Waals surface area contributed by atoms with Gasteiger partial charge in [-0.05, 0) is 35.4 Å². The van der Waals surface area contributed by atoms with E-state index < -0.39 is 0 Å². The van der Waals surface area contributed by atoms with E-state index in [-0.39, 0.29) is 12.5 Å². The third-order valence-electron chi connectivity index (χ3n) is 2.74. The van der Waals surface area contributed by atoms with Crippen LogP contribution in [0, 0.1) is 0 Å². The second-order valence-electron chi connectivity index (χ2n) is 4.38. The Bertz CT molecular complexity index is 565. The Hall–Kier alpha value is -2.44. The molecule has 0 aliphatic heterocycles. The molecule has 1 aliphatic rings. The van der Waals surface area contributed by atoms with Crippen LogP contribution in [-0.2, 0) is 4.79 Å². The summed E-state index contributed by atoms with van der Waals surface area (Å²) in [6, 6.07) is 7.60. The fraction of sp³-hybridized carbons (Fsp3) is 0.333. The van der Waals surface area contributed by atoms with E-state index in [2.05, 4.69) is 20.8 Å². The van der Waals surface area contributed by atoms with Gasteiger partial charge in [0.1, 0.15) is 12.1 Å². The molecule has 1 fully saturated rings. The molecule has 1 amide bonds. The SMILES string of the molecule is O=C(COc1cccc(-n2cnnn2)c1)NC1CC1. The van der Waals surface area contributed by atoms with E-state index in [0.29, 0.717) is 11.8 Å². The summed E-state index contributed by atoms with van der Waals surface area (Å²) in [4.78, 5) is 11.5. The van der Waals surface area contributed by atoms with E-state index in [9.17, 15) is 4.79 Å². The summed E-state index contributed by atoms with van der Waals surface area (Å²) in [5.41, 5.74) is 0.783. The number of ether oxygens (including phenoxy) is 1. The molecule has 0 atom stereocenters. The molecule has 1 saturated carbocycles. The predicted molar refractivity (Wildman–Crippen MR) is 65.8 cm³/mol. The quantitative estimate of drug-likeness (QED) is 0.836. The van der Waals surface area contributed by atoms with Gasteiger partial charge >= 0.3 is 0 Å². The molecule has 3 rings (SSSR count). The number of amides is 1. The highest BCUT2D eigenvalue weighted by Gasteiger charge is 2.23. The molecule has 1 aliphatic carbocycles. The average molecular weight is 259 g/mol. The van der Waals surface area contributed by atoms with Gasteiger partial charge in [0.15, 0.2) is 6.61 Å². The lowest BCUT2D eigenvalue weighted by Crippen LogP contribution is -2.30. The van der Waals surface area contributed by atoms with Crippen LogP contribution >= 0.6 is 0 Å². The van der Waals surface area contributed by atoms with Crippen molar-refractivity contribution in [1.29, 1.82) is 0 Å². The van der Waals surface area contributed by atoms with Gasteiger partial charge < -0.3 is 10.1 Å². The first kappa shape index (κ1) is 11.6. The maximum absolute atomic E-state index is 11.5. The van der Waals surface area contributed by atoms with Crippen molar-refractivity contribution in [3.63, 3.8) is 0 Å². The van der Waals surface area contributed by atoms with Gasteiger partial charge in [-0.2, -0.15) is 0 Å². The largest absolute Gasteiger partial charge is 0.484 e. The number of tetrazole rings is 1. The molecule has 2 aromatic rings. The number of rotatable bonds is 5. The number of aromatic nitrogens is 4. The molecular weight excluding hydrogens is 246 g/mol. The molecule has 19 heavy (non-hydrogen) atoms. The van der Waals surface area contributed by atoms with Crippen molar-refractivity contribution >= 4 is 5.91 Å². The molecule has 1 heterocycles. The average Bonchev–Trinajstić information content (AvgIpc) is 3.07. The Morgan fingerprint density at radius 1 is 1.47 bits per heavy atom. The molecule has 0 radical (unpaired) electrons. The number of nitrogens with zero attached hydrogens (tertiary/aromatic N) is 4. The van der Waals surface area contributed by atoms with Crippen molar-refractivity contribution in [2.24, 2.45) is 0 Å². The van der Waals surface area contributed by atoms with Crippen LogP contribution < -0.4 is 10.1 Å². The van der Waals surface area contributed by atoms with E-state index >= 15 is 0 Å². The normalized spacial score (nSPS) is 14.1. The van der Waals surface area contributed by atoms with Gasteiger partial charge in [-0.25, -0.2) is 4.68 Å². The van der Waals surface area contributed by atoms with Crippen LogP contribution in [0.2, 0.25) is 0 Å². The second-order valence-corrected chi connectivity index (χ2v) is 4.38. The summed E-state index contributed by atoms with van der Waals surface area (Å²) in [6.07, 6.45) is 3.64. The van der Waals surface area contributed by atoms with Crippen LogP contribution in [0.15, 0.2) is 30.6 Å². The molecule has 0 saturated heterocycles. The first-order valence-corrected chi connectivity index (χ1v) is 6.07. The summed E-state index contributed by atoms with van der Waals surface area (Å²) in [5.74, 6) is 0.522. The van der Waals surface area contributed by atoms with Crippen molar-refractivity contribution in [3.8, 4) is 11.4 Å². The molecule has 98 valence electrons. The molecule has 0 unspecified atom stereocenters. The molecule has 1 aromatic heterocycles. The zero-order valence-electron chi connectivity index (χ0n) is 10.2. The lowest BCUT2D eigenvalue weighted by molar-refractivity contribution is -0.123. The maximum Gasteiger partial charge on any atom is 0.258 e. The lowest BCUT2D eigenvalue weighted by Gasteiger charge is -2.07. The number of hydrogen-bond donors (Lipinski definition) is 1. The lowest BCUT2D eigenvalue weighted by atomic mass is 10.3. The molecule has 0 spiro atoms. The summed E-state index contributed by atoms with van der Waals surface area (Å²) in [6.45, 7) is 0.0234. The standard InChI is InChI=1S/C12H13N5O2/c18-12(14-9-4-5-9)7-19-11-3-1-2-10(6-11)17-8-13-15-16-17/h1-3,6,8-9H,4-5,7H2,(H,14,18). The minimum atomic E-state index is -0.0877. The van der Waals surface area contributed by atoms with Crippen molar-refractivity contribution in [3.05, 3.63) is 30.6 Å². The Kier molecular flexibility index (Phi) is 3.09. The molecular formula is C12H13N5O2. The number of benzene rings is 1. The fourth-order valence-electron chi connectivity index (χ4n) is 1.64. The van der Waals surface area contributed by atoms with Crippen LogP contribution in [0.5, 0.6) is 5.75 Å². The predicted octanol–water partition coefficient (Wildman–Crippen LogP) is 0.320. The number of hydrogen-bond acceptors (Lipinski definition) is 5. The minimum Gasteiger partial charge on any atom is -0.484 e. The van der Waals surface area contributed by atoms with E-state index in [0.717, 1.165) is 18.5 Å². The van der Waals surface area contributed by atoms with Gasteiger partial charge in [0.2, 0.25) is 0 Å². The van der Waals surface area contributed by atoms with Crippen molar-refractivity contribution in [2.45, 2.75) is 18.9 Å². The topological polar surface area (TPSA) is 81.9 Å². The Morgan fingerprint density at radius 2 is 2.37 bits per heavy atom. The summed E-state index contributed by atoms with van der Waals surface area (Å²) in [7, 11) is 0. The van der Waals surface area contributed by atoms with Gasteiger partial charge in [-0.3, -0.25) is 4.79 Å². The number of carbonyl (C=O) groups is 1. The molecule has 7 heteroatoms. The van der Waals surface area contributed by atoms with Crippen LogP contribution in [0.1, 0.15) is 12.8 Å². The Labute approximate surface area is 109 Å². The summed E-state index contributed by atoms with van der Waals surface area (Å²) in [5, 5.41) is 13.8. The van der Waals surface area contributed by atoms with Crippen LogP contribution in [0.25, 0.3) is 5.69 Å². The number of nitrogens with one attached hydrogen (secondary N) is 1. The van der Waals surface area contributed by atoms with E-state index in [1.165, 1.54) is 11.0 Å². The van der Waals surface area contributed by atoms with Crippen LogP contribution in [-0.4, -0.2) is 38.8 Å². The van der Waals surface area contributed by atoms with Crippen molar-refractivity contribution in [1.82, 2.24) is 25.5 Å². The molecule has 1 aromatic carbocycles. The van der Waals surface area contributed by atoms with Crippen LogP contribution in [0.3, 0.4) is 0 Å². The zero-order valence-corrected chi connectivity index (χ0v) is 10.2. The smallest absolute Gasteiger partial charge is 0.258 e. The number of carbonyl (C=O) groups excluding carboxylic acids is 1. The molecule has 1 N–H and O–H groups in total. The maximum atomic E-state index is 11.5. The highest BCUT2D eigenvalue weighted by molar-refractivity contribution is 5.78. The monoisotopic (exact) mass is 259 g/mol. The van der Waals surface area contributed by atoms with Gasteiger partial charge in [0.25, 0.3) is 5.91 Å². The third kappa shape index (κ3) is 3.06. The highest BCUT2D eigenvalue weighted by atomic mass is 16.5. The summed E-state index contributed by atoms with van der Waals surface area (Å²) < 4.78 is 6.97. The Balaban J connectivity index is 1.61. The molecule has 7 nitrogen and oxygen atoms in total. The highest BCUT2D eigenvalue weighted by Crippen LogP contribution is 2.19. The first-order valence-electron chi connectivity index (χ1n) is 6.07. The zero-order chi connectivity index (χ0) is 13.1. The van der Waals surface area contributed by atoms with Crippen molar-refractivity contribution in [2.75, 3.05) is 6.61 Å². The fourth-order valence-corrected chi connectivity index (χ4v) is 1.64.